The van der Waals surface area contributed by atoms with Crippen molar-refractivity contribution < 1.29 is 4.79 Å². The summed E-state index contributed by atoms with van der Waals surface area (Å²) in [6, 6.07) is 7.43. The first-order chi connectivity index (χ1) is 8.19. The number of amides is 1. The molecular formula is C13H16Cl2N2O. The molecule has 0 saturated heterocycles. The summed E-state index contributed by atoms with van der Waals surface area (Å²) >= 11 is 6.04. The van der Waals surface area contributed by atoms with Crippen molar-refractivity contribution in [3.63, 3.8) is 0 Å². The van der Waals surface area contributed by atoms with E-state index in [0.29, 0.717) is 11.6 Å². The third-order valence-corrected chi connectivity index (χ3v) is 2.65. The maximum atomic E-state index is 11.8. The summed E-state index contributed by atoms with van der Waals surface area (Å²) < 4.78 is 0. The average Bonchev–Trinajstić information content (AvgIpc) is 2.31. The average molecular weight is 287 g/mol. The van der Waals surface area contributed by atoms with Crippen molar-refractivity contribution in [2.75, 3.05) is 20.1 Å². The van der Waals surface area contributed by atoms with Crippen LogP contribution in [0.25, 0.3) is 0 Å². The van der Waals surface area contributed by atoms with Gasteiger partial charge in [-0.05, 0) is 18.7 Å². The SMILES string of the molecule is C#CCN(Cc1ccccc1Cl)C(=O)CNC.Cl. The second-order valence-corrected chi connectivity index (χ2v) is 3.98. The van der Waals surface area contributed by atoms with Gasteiger partial charge in [0.15, 0.2) is 0 Å². The third kappa shape index (κ3) is 4.97. The predicted octanol–water partition coefficient (Wildman–Crippen LogP) is 1.94. The Morgan fingerprint density at radius 3 is 2.72 bits per heavy atom. The van der Waals surface area contributed by atoms with Gasteiger partial charge in [0.2, 0.25) is 5.91 Å². The second-order valence-electron chi connectivity index (χ2n) is 3.58. The molecule has 0 unspecified atom stereocenters. The summed E-state index contributed by atoms with van der Waals surface area (Å²) in [6.07, 6.45) is 5.26. The number of terminal acetylenes is 1. The second kappa shape index (κ2) is 8.82. The number of nitrogens with one attached hydrogen (secondary N) is 1. The molecule has 18 heavy (non-hydrogen) atoms. The highest BCUT2D eigenvalue weighted by molar-refractivity contribution is 6.31. The van der Waals surface area contributed by atoms with Crippen molar-refractivity contribution in [3.05, 3.63) is 34.9 Å². The lowest BCUT2D eigenvalue weighted by Gasteiger charge is -2.20. The van der Waals surface area contributed by atoms with E-state index in [4.69, 9.17) is 18.0 Å². The number of hydrogen-bond donors (Lipinski definition) is 1. The van der Waals surface area contributed by atoms with Crippen LogP contribution in [-0.2, 0) is 11.3 Å². The number of rotatable bonds is 5. The number of hydrogen-bond acceptors (Lipinski definition) is 2. The molecule has 1 aromatic carbocycles. The first-order valence-corrected chi connectivity index (χ1v) is 5.66. The van der Waals surface area contributed by atoms with Crippen LogP contribution in [-0.4, -0.2) is 30.9 Å². The molecule has 0 fully saturated rings. The van der Waals surface area contributed by atoms with Crippen molar-refractivity contribution in [1.82, 2.24) is 10.2 Å². The van der Waals surface area contributed by atoms with E-state index < -0.39 is 0 Å². The standard InChI is InChI=1S/C13H15ClN2O.ClH/c1-3-8-16(13(17)9-15-2)10-11-6-4-5-7-12(11)14;/h1,4-7,15H,8-10H2,2H3;1H. The molecule has 0 spiro atoms. The van der Waals surface area contributed by atoms with Crippen LogP contribution in [0.2, 0.25) is 5.02 Å². The molecule has 98 valence electrons. The molecule has 0 aliphatic heterocycles. The summed E-state index contributed by atoms with van der Waals surface area (Å²) in [5.74, 6) is 2.44. The maximum absolute atomic E-state index is 11.8. The summed E-state index contributed by atoms with van der Waals surface area (Å²) in [4.78, 5) is 13.4. The highest BCUT2D eigenvalue weighted by Crippen LogP contribution is 2.16. The normalized spacial score (nSPS) is 9.17. The van der Waals surface area contributed by atoms with E-state index in [1.807, 2.05) is 18.2 Å². The minimum absolute atomic E-state index is 0. The van der Waals surface area contributed by atoms with Gasteiger partial charge in [-0.15, -0.1) is 18.8 Å². The largest absolute Gasteiger partial charge is 0.326 e. The van der Waals surface area contributed by atoms with Crippen LogP contribution in [0, 0.1) is 12.3 Å². The summed E-state index contributed by atoms with van der Waals surface area (Å²) in [5.41, 5.74) is 0.897. The Morgan fingerprint density at radius 1 is 1.50 bits per heavy atom. The van der Waals surface area contributed by atoms with Gasteiger partial charge in [0.25, 0.3) is 0 Å². The zero-order valence-electron chi connectivity index (χ0n) is 10.1. The van der Waals surface area contributed by atoms with Crippen LogP contribution in [0.15, 0.2) is 24.3 Å². The number of carbonyl (C=O) groups is 1. The Bertz CT molecular complexity index is 429. The van der Waals surface area contributed by atoms with E-state index in [-0.39, 0.29) is 31.4 Å². The van der Waals surface area contributed by atoms with Crippen LogP contribution >= 0.6 is 24.0 Å². The lowest BCUT2D eigenvalue weighted by molar-refractivity contribution is -0.130. The van der Waals surface area contributed by atoms with E-state index in [0.717, 1.165) is 5.56 Å². The quantitative estimate of drug-likeness (QED) is 0.839. The number of likely N-dealkylation sites (N-methyl/N-ethyl adjacent to an activating group) is 1. The molecule has 1 rings (SSSR count). The van der Waals surface area contributed by atoms with Crippen molar-refractivity contribution in [1.29, 1.82) is 0 Å². The molecule has 1 aromatic rings. The fourth-order valence-electron chi connectivity index (χ4n) is 1.44. The molecule has 0 aromatic heterocycles. The van der Waals surface area contributed by atoms with Crippen LogP contribution in [0.1, 0.15) is 5.56 Å². The fraction of sp³-hybridized carbons (Fsp3) is 0.308. The highest BCUT2D eigenvalue weighted by atomic mass is 35.5. The van der Waals surface area contributed by atoms with Crippen molar-refractivity contribution in [2.45, 2.75) is 6.54 Å². The smallest absolute Gasteiger partial charge is 0.237 e. The van der Waals surface area contributed by atoms with E-state index in [1.165, 1.54) is 0 Å². The van der Waals surface area contributed by atoms with Gasteiger partial charge in [0.05, 0.1) is 13.1 Å². The molecule has 0 heterocycles. The topological polar surface area (TPSA) is 32.3 Å². The van der Waals surface area contributed by atoms with Gasteiger partial charge in [-0.1, -0.05) is 35.7 Å². The van der Waals surface area contributed by atoms with Gasteiger partial charge >= 0.3 is 0 Å². The van der Waals surface area contributed by atoms with Gasteiger partial charge in [-0.3, -0.25) is 4.79 Å². The van der Waals surface area contributed by atoms with Crippen molar-refractivity contribution in [2.24, 2.45) is 0 Å². The lowest BCUT2D eigenvalue weighted by Crippen LogP contribution is -2.37. The Kier molecular flexibility index (Phi) is 8.23. The monoisotopic (exact) mass is 286 g/mol. The molecular weight excluding hydrogens is 271 g/mol. The third-order valence-electron chi connectivity index (χ3n) is 2.28. The first kappa shape index (κ1) is 16.8. The van der Waals surface area contributed by atoms with Crippen LogP contribution in [0.3, 0.4) is 0 Å². The number of nitrogens with zero attached hydrogens (tertiary/aromatic N) is 1. The zero-order valence-corrected chi connectivity index (χ0v) is 11.7. The van der Waals surface area contributed by atoms with Crippen molar-refractivity contribution in [3.8, 4) is 12.3 Å². The van der Waals surface area contributed by atoms with Crippen LogP contribution < -0.4 is 5.32 Å². The molecule has 0 saturated carbocycles. The molecule has 1 amide bonds. The number of carbonyl (C=O) groups excluding carboxylic acids is 1. The number of halogens is 2. The maximum Gasteiger partial charge on any atom is 0.237 e. The molecule has 3 nitrogen and oxygen atoms in total. The fourth-order valence-corrected chi connectivity index (χ4v) is 1.63. The van der Waals surface area contributed by atoms with E-state index in [9.17, 15) is 4.79 Å². The summed E-state index contributed by atoms with van der Waals surface area (Å²) in [7, 11) is 1.72. The molecule has 0 radical (unpaired) electrons. The number of benzene rings is 1. The summed E-state index contributed by atoms with van der Waals surface area (Å²) in [6.45, 7) is 0.988. The van der Waals surface area contributed by atoms with Gasteiger partial charge in [-0.25, -0.2) is 0 Å². The molecule has 5 heteroatoms. The summed E-state index contributed by atoms with van der Waals surface area (Å²) in [5, 5.41) is 3.46. The van der Waals surface area contributed by atoms with Crippen LogP contribution in [0.4, 0.5) is 0 Å². The highest BCUT2D eigenvalue weighted by Gasteiger charge is 2.13. The van der Waals surface area contributed by atoms with Gasteiger partial charge < -0.3 is 10.2 Å². The van der Waals surface area contributed by atoms with Crippen LogP contribution in [0.5, 0.6) is 0 Å². The molecule has 0 aliphatic rings. The molecule has 1 N–H and O–H groups in total. The Hall–Kier alpha value is -1.21. The Morgan fingerprint density at radius 2 is 2.17 bits per heavy atom. The predicted molar refractivity (Wildman–Crippen MR) is 76.9 cm³/mol. The minimum atomic E-state index is -0.0367. The van der Waals surface area contributed by atoms with Gasteiger partial charge in [0, 0.05) is 11.6 Å². The van der Waals surface area contributed by atoms with E-state index in [2.05, 4.69) is 11.2 Å². The minimum Gasteiger partial charge on any atom is -0.326 e. The van der Waals surface area contributed by atoms with E-state index in [1.54, 1.807) is 18.0 Å². The first-order valence-electron chi connectivity index (χ1n) is 5.28. The van der Waals surface area contributed by atoms with Gasteiger partial charge in [-0.2, -0.15) is 0 Å². The molecule has 0 aliphatic carbocycles. The Balaban J connectivity index is 0.00000289. The molecule has 0 bridgehead atoms. The van der Waals surface area contributed by atoms with Gasteiger partial charge in [0.1, 0.15) is 0 Å². The Labute approximate surface area is 119 Å². The van der Waals surface area contributed by atoms with E-state index >= 15 is 0 Å². The van der Waals surface area contributed by atoms with Crippen molar-refractivity contribution >= 4 is 29.9 Å². The molecule has 0 atom stereocenters. The lowest BCUT2D eigenvalue weighted by atomic mass is 10.2. The zero-order chi connectivity index (χ0) is 12.7.